The maximum absolute atomic E-state index is 5.25. The van der Waals surface area contributed by atoms with Gasteiger partial charge in [-0.25, -0.2) is 0 Å². The van der Waals surface area contributed by atoms with Gasteiger partial charge < -0.3 is 10.4 Å². The van der Waals surface area contributed by atoms with Crippen LogP contribution in [0.5, 0.6) is 0 Å². The lowest BCUT2D eigenvalue weighted by molar-refractivity contribution is 0.342. The summed E-state index contributed by atoms with van der Waals surface area (Å²) in [5.41, 5.74) is 6.61. The molecule has 0 saturated heterocycles. The third-order valence-electron chi connectivity index (χ3n) is 1.95. The molecule has 0 unspecified atom stereocenters. The second kappa shape index (κ2) is 5.78. The molecule has 0 aliphatic carbocycles. The van der Waals surface area contributed by atoms with Gasteiger partial charge >= 0.3 is 0 Å². The highest BCUT2D eigenvalue weighted by molar-refractivity contribution is 6.29. The van der Waals surface area contributed by atoms with Gasteiger partial charge in [0.05, 0.1) is 6.73 Å². The van der Waals surface area contributed by atoms with Gasteiger partial charge in [0.25, 0.3) is 7.48 Å². The fourth-order valence-corrected chi connectivity index (χ4v) is 1.34. The predicted octanol–water partition coefficient (Wildman–Crippen LogP) is 1.32. The predicted molar refractivity (Wildman–Crippen MR) is 56.9 cm³/mol. The lowest BCUT2D eigenvalue weighted by Crippen LogP contribution is -2.13. The van der Waals surface area contributed by atoms with Crippen molar-refractivity contribution < 1.29 is 4.65 Å². The third-order valence-corrected chi connectivity index (χ3v) is 1.95. The molecule has 0 aliphatic rings. The van der Waals surface area contributed by atoms with Crippen LogP contribution in [0, 0.1) is 0 Å². The Hall–Kier alpha value is -0.795. The molecule has 0 heterocycles. The number of benzene rings is 1. The second-order valence-electron chi connectivity index (χ2n) is 3.33. The summed E-state index contributed by atoms with van der Waals surface area (Å²) in [4.78, 5) is 0. The first kappa shape index (κ1) is 10.3. The minimum absolute atomic E-state index is 0.319. The largest absolute Gasteiger partial charge is 0.427 e. The van der Waals surface area contributed by atoms with E-state index in [-0.39, 0.29) is 0 Å². The summed E-state index contributed by atoms with van der Waals surface area (Å²) in [5, 5.41) is 0. The van der Waals surface area contributed by atoms with Crippen molar-refractivity contribution in [3.8, 4) is 0 Å². The molecule has 1 atom stereocenters. The summed E-state index contributed by atoms with van der Waals surface area (Å²) in [6, 6.07) is 10.4. The van der Waals surface area contributed by atoms with Gasteiger partial charge in [0, 0.05) is 0 Å². The molecule has 1 aromatic carbocycles. The summed E-state index contributed by atoms with van der Waals surface area (Å²) in [6.45, 7) is 2.49. The zero-order valence-electron chi connectivity index (χ0n) is 8.07. The highest BCUT2D eigenvalue weighted by atomic mass is 16.4. The van der Waals surface area contributed by atoms with E-state index in [9.17, 15) is 0 Å². The number of hydrogen-bond acceptors (Lipinski definition) is 2. The Morgan fingerprint density at radius 3 is 2.69 bits per heavy atom. The van der Waals surface area contributed by atoms with Crippen molar-refractivity contribution in [2.24, 2.45) is 5.73 Å². The Labute approximate surface area is 80.4 Å². The molecule has 2 N–H and O–H groups in total. The molecule has 0 fully saturated rings. The van der Waals surface area contributed by atoms with Crippen LogP contribution in [-0.2, 0) is 11.1 Å². The van der Waals surface area contributed by atoms with Crippen molar-refractivity contribution in [1.29, 1.82) is 0 Å². The van der Waals surface area contributed by atoms with E-state index < -0.39 is 0 Å². The summed E-state index contributed by atoms with van der Waals surface area (Å²) in [5.74, 6) is 0.533. The molecule has 1 aromatic rings. The van der Waals surface area contributed by atoms with Crippen LogP contribution in [0.15, 0.2) is 30.3 Å². The first-order valence-electron chi connectivity index (χ1n) is 4.64. The Balaban J connectivity index is 2.32. The quantitative estimate of drug-likeness (QED) is 0.543. The Bertz CT molecular complexity index is 228. The monoisotopic (exact) mass is 177 g/mol. The van der Waals surface area contributed by atoms with E-state index in [0.29, 0.717) is 12.5 Å². The van der Waals surface area contributed by atoms with Crippen LogP contribution in [0.1, 0.15) is 12.5 Å². The van der Waals surface area contributed by atoms with Crippen molar-refractivity contribution in [3.63, 3.8) is 0 Å². The summed E-state index contributed by atoms with van der Waals surface area (Å²) < 4.78 is 5.15. The molecule has 2 nitrogen and oxygen atoms in total. The third kappa shape index (κ3) is 4.11. The van der Waals surface area contributed by atoms with Gasteiger partial charge in [-0.2, -0.15) is 0 Å². The molecule has 0 bridgehead atoms. The first-order chi connectivity index (χ1) is 6.33. The molecule has 0 aliphatic heterocycles. The lowest BCUT2D eigenvalue weighted by atomic mass is 9.77. The Morgan fingerprint density at radius 1 is 1.38 bits per heavy atom. The van der Waals surface area contributed by atoms with E-state index >= 15 is 0 Å². The van der Waals surface area contributed by atoms with Crippen LogP contribution in [0.25, 0.3) is 0 Å². The molecule has 0 spiro atoms. The fourth-order valence-electron chi connectivity index (χ4n) is 1.34. The molecule has 0 aromatic heterocycles. The van der Waals surface area contributed by atoms with E-state index in [4.69, 9.17) is 10.4 Å². The summed E-state index contributed by atoms with van der Waals surface area (Å²) >= 11 is 0. The van der Waals surface area contributed by atoms with Gasteiger partial charge in [-0.1, -0.05) is 37.3 Å². The van der Waals surface area contributed by atoms with Crippen LogP contribution in [-0.4, -0.2) is 14.2 Å². The maximum atomic E-state index is 5.25. The molecular weight excluding hydrogens is 161 g/mol. The molecule has 0 amide bonds. The molecule has 3 heteroatoms. The lowest BCUT2D eigenvalue weighted by Gasteiger charge is -2.08. The highest BCUT2D eigenvalue weighted by Gasteiger charge is 2.05. The molecule has 70 valence electrons. The van der Waals surface area contributed by atoms with Gasteiger partial charge in [0.15, 0.2) is 0 Å². The molecular formula is C10H16BNO. The van der Waals surface area contributed by atoms with Crippen molar-refractivity contribution in [1.82, 2.24) is 0 Å². The van der Waals surface area contributed by atoms with Crippen molar-refractivity contribution in [3.05, 3.63) is 35.9 Å². The average molecular weight is 177 g/mol. The Kier molecular flexibility index (Phi) is 4.58. The fraction of sp³-hybridized carbons (Fsp3) is 0.400. The maximum Gasteiger partial charge on any atom is 0.279 e. The second-order valence-corrected chi connectivity index (χ2v) is 3.33. The van der Waals surface area contributed by atoms with E-state index in [1.165, 1.54) is 5.56 Å². The number of nitrogens with two attached hydrogens (primary N) is 1. The molecule has 13 heavy (non-hydrogen) atoms. The van der Waals surface area contributed by atoms with Gasteiger partial charge in [-0.3, -0.25) is 0 Å². The number of hydrogen-bond donors (Lipinski definition) is 1. The zero-order valence-corrected chi connectivity index (χ0v) is 8.07. The number of rotatable bonds is 5. The topological polar surface area (TPSA) is 35.2 Å². The van der Waals surface area contributed by atoms with Crippen molar-refractivity contribution in [2.75, 3.05) is 6.73 Å². The van der Waals surface area contributed by atoms with E-state index in [1.807, 2.05) is 6.07 Å². The van der Waals surface area contributed by atoms with Crippen LogP contribution < -0.4 is 5.73 Å². The van der Waals surface area contributed by atoms with Crippen molar-refractivity contribution >= 4 is 7.48 Å². The standard InChI is InChI=1S/C10H16BNO/c1-9(11-13-8-12)7-10-5-3-2-4-6-10/h2-6,9,11H,7-8,12H2,1H3/t9-/m1/s1. The zero-order chi connectivity index (χ0) is 9.52. The van der Waals surface area contributed by atoms with Crippen LogP contribution in [0.3, 0.4) is 0 Å². The molecule has 0 saturated carbocycles. The van der Waals surface area contributed by atoms with E-state index in [1.54, 1.807) is 0 Å². The highest BCUT2D eigenvalue weighted by Crippen LogP contribution is 2.11. The molecule has 1 rings (SSSR count). The average Bonchev–Trinajstić information content (AvgIpc) is 2.16. The van der Waals surface area contributed by atoms with Crippen LogP contribution >= 0.6 is 0 Å². The van der Waals surface area contributed by atoms with Gasteiger partial charge in [-0.05, 0) is 17.8 Å². The van der Waals surface area contributed by atoms with Gasteiger partial charge in [0.2, 0.25) is 0 Å². The van der Waals surface area contributed by atoms with Crippen LogP contribution in [0.4, 0.5) is 0 Å². The SMILES string of the molecule is C[C@@H](BOCN)Cc1ccccc1. The normalized spacial score (nSPS) is 12.5. The first-order valence-corrected chi connectivity index (χ1v) is 4.64. The summed E-state index contributed by atoms with van der Waals surface area (Å²) in [6.07, 6.45) is 1.06. The summed E-state index contributed by atoms with van der Waals surface area (Å²) in [7, 11) is 0.741. The van der Waals surface area contributed by atoms with E-state index in [2.05, 4.69) is 31.2 Å². The van der Waals surface area contributed by atoms with Crippen molar-refractivity contribution in [2.45, 2.75) is 19.2 Å². The smallest absolute Gasteiger partial charge is 0.279 e. The van der Waals surface area contributed by atoms with Gasteiger partial charge in [-0.15, -0.1) is 0 Å². The minimum atomic E-state index is 0.319. The minimum Gasteiger partial charge on any atom is -0.427 e. The van der Waals surface area contributed by atoms with Gasteiger partial charge in [0.1, 0.15) is 0 Å². The van der Waals surface area contributed by atoms with E-state index in [0.717, 1.165) is 13.9 Å². The Morgan fingerprint density at radius 2 is 2.08 bits per heavy atom. The van der Waals surface area contributed by atoms with Crippen LogP contribution in [0.2, 0.25) is 5.82 Å². The molecule has 0 radical (unpaired) electrons.